The van der Waals surface area contributed by atoms with Crippen molar-refractivity contribution in [1.82, 2.24) is 0 Å². The zero-order valence-electron chi connectivity index (χ0n) is 13.7. The Hall–Kier alpha value is -0.740. The molecular formula is C14H23NaO8. The van der Waals surface area contributed by atoms with E-state index in [1.54, 1.807) is 0 Å². The van der Waals surface area contributed by atoms with Crippen molar-refractivity contribution < 1.29 is 69.8 Å². The molecular weight excluding hydrogens is 319 g/mol. The van der Waals surface area contributed by atoms with Crippen LogP contribution in [0.2, 0.25) is 0 Å². The third kappa shape index (κ3) is 12.4. The number of aliphatic hydroxyl groups is 4. The maximum absolute atomic E-state index is 10.2. The molecule has 0 spiro atoms. The molecule has 0 heterocycles. The molecule has 2 atom stereocenters. The number of carboxylic acids is 2. The average molecular weight is 342 g/mol. The van der Waals surface area contributed by atoms with Crippen LogP contribution < -0.4 is 34.7 Å². The van der Waals surface area contributed by atoms with Gasteiger partial charge >= 0.3 is 35.5 Å². The second kappa shape index (κ2) is 11.7. The minimum absolute atomic E-state index is 0. The van der Waals surface area contributed by atoms with Crippen LogP contribution in [0.25, 0.3) is 0 Å². The summed E-state index contributed by atoms with van der Waals surface area (Å²) in [7, 11) is 0. The Morgan fingerprint density at radius 2 is 1.26 bits per heavy atom. The van der Waals surface area contributed by atoms with Crippen molar-refractivity contribution in [2.75, 3.05) is 13.2 Å². The van der Waals surface area contributed by atoms with Crippen molar-refractivity contribution in [2.45, 2.75) is 37.9 Å². The summed E-state index contributed by atoms with van der Waals surface area (Å²) in [6.07, 6.45) is -0.987. The summed E-state index contributed by atoms with van der Waals surface area (Å²) in [5, 5.41) is 54.0. The Bertz CT molecular complexity index is 388. The molecule has 0 aliphatic rings. The van der Waals surface area contributed by atoms with Crippen LogP contribution >= 0.6 is 0 Å². The topological polar surface area (TPSA) is 158 Å². The summed E-state index contributed by atoms with van der Waals surface area (Å²) < 4.78 is 0. The van der Waals surface area contributed by atoms with Gasteiger partial charge in [0.15, 0.2) is 0 Å². The molecule has 23 heavy (non-hydrogen) atoms. The van der Waals surface area contributed by atoms with E-state index in [2.05, 4.69) is 13.2 Å². The number of rotatable bonds is 8. The van der Waals surface area contributed by atoms with Crippen LogP contribution in [-0.2, 0) is 9.59 Å². The fourth-order valence-corrected chi connectivity index (χ4v) is 1.17. The molecule has 2 unspecified atom stereocenters. The first-order chi connectivity index (χ1) is 9.80. The maximum atomic E-state index is 10.2. The predicted octanol–water partition coefficient (Wildman–Crippen LogP) is -4.81. The van der Waals surface area contributed by atoms with E-state index in [9.17, 15) is 24.9 Å². The number of aliphatic hydroxyl groups excluding tert-OH is 2. The van der Waals surface area contributed by atoms with Crippen molar-refractivity contribution in [3.05, 3.63) is 24.3 Å². The molecule has 0 amide bonds. The van der Waals surface area contributed by atoms with Gasteiger partial charge in [-0.15, -0.1) is 0 Å². The van der Waals surface area contributed by atoms with Crippen molar-refractivity contribution in [1.29, 1.82) is 0 Å². The first-order valence-corrected chi connectivity index (χ1v) is 6.24. The maximum Gasteiger partial charge on any atom is 1.00 e. The Balaban J connectivity index is -0.000000333. The summed E-state index contributed by atoms with van der Waals surface area (Å²) in [5.41, 5.74) is -2.91. The van der Waals surface area contributed by atoms with Gasteiger partial charge in [-0.05, 0) is 25.0 Å². The van der Waals surface area contributed by atoms with Crippen molar-refractivity contribution >= 4 is 11.9 Å². The molecule has 0 saturated carbocycles. The number of carbonyl (C=O) groups excluding carboxylic acids is 1. The zero-order valence-corrected chi connectivity index (χ0v) is 15.7. The molecule has 5 N–H and O–H groups in total. The molecule has 0 aromatic carbocycles. The van der Waals surface area contributed by atoms with Crippen LogP contribution in [0.15, 0.2) is 24.3 Å². The van der Waals surface area contributed by atoms with E-state index in [1.165, 1.54) is 13.8 Å². The molecule has 0 bridgehead atoms. The number of carbonyl (C=O) groups is 2. The van der Waals surface area contributed by atoms with E-state index in [0.29, 0.717) is 0 Å². The van der Waals surface area contributed by atoms with Gasteiger partial charge in [-0.25, -0.2) is 0 Å². The number of hydrogen-bond acceptors (Lipinski definition) is 7. The van der Waals surface area contributed by atoms with Gasteiger partial charge < -0.3 is 35.4 Å². The van der Waals surface area contributed by atoms with Gasteiger partial charge in [0.1, 0.15) is 0 Å². The van der Waals surface area contributed by atoms with E-state index in [-0.39, 0.29) is 40.7 Å². The van der Waals surface area contributed by atoms with Gasteiger partial charge in [0.25, 0.3) is 0 Å². The third-order valence-electron chi connectivity index (χ3n) is 2.89. The molecule has 0 aliphatic heterocycles. The number of carboxylic acid groups (broad SMARTS) is 2. The summed E-state index contributed by atoms with van der Waals surface area (Å²) >= 11 is 0. The third-order valence-corrected chi connectivity index (χ3v) is 2.89. The summed E-state index contributed by atoms with van der Waals surface area (Å²) in [6.45, 7) is 8.38. The quantitative estimate of drug-likeness (QED) is 0.217. The molecule has 0 aromatic heterocycles. The zero-order chi connectivity index (χ0) is 18.1. The Morgan fingerprint density at radius 1 is 0.957 bits per heavy atom. The van der Waals surface area contributed by atoms with Gasteiger partial charge in [-0.2, -0.15) is 0 Å². The molecule has 9 heteroatoms. The Morgan fingerprint density at radius 3 is 1.48 bits per heavy atom. The van der Waals surface area contributed by atoms with Crippen LogP contribution in [0.1, 0.15) is 26.7 Å². The van der Waals surface area contributed by atoms with E-state index >= 15 is 0 Å². The first kappa shape index (κ1) is 27.1. The molecule has 0 saturated heterocycles. The summed E-state index contributed by atoms with van der Waals surface area (Å²) in [5.74, 6) is -2.49. The molecule has 0 aliphatic carbocycles. The van der Waals surface area contributed by atoms with Gasteiger partial charge in [0, 0.05) is 12.4 Å². The van der Waals surface area contributed by atoms with Crippen LogP contribution in [0.4, 0.5) is 0 Å². The van der Waals surface area contributed by atoms with Crippen LogP contribution in [0.3, 0.4) is 0 Å². The van der Waals surface area contributed by atoms with Crippen molar-refractivity contribution in [3.63, 3.8) is 0 Å². The molecule has 8 nitrogen and oxygen atoms in total. The summed E-state index contributed by atoms with van der Waals surface area (Å²) in [6, 6.07) is 0. The molecule has 0 rings (SSSR count). The predicted molar refractivity (Wildman–Crippen MR) is 75.6 cm³/mol. The number of aliphatic carboxylic acids is 2. The Kier molecular flexibility index (Phi) is 13.8. The van der Waals surface area contributed by atoms with Crippen molar-refractivity contribution in [2.24, 2.45) is 0 Å². The fourth-order valence-electron chi connectivity index (χ4n) is 1.17. The van der Waals surface area contributed by atoms with Gasteiger partial charge in [-0.1, -0.05) is 13.2 Å². The van der Waals surface area contributed by atoms with Gasteiger partial charge in [0.2, 0.25) is 0 Å². The normalized spacial score (nSPS) is 14.9. The SMILES string of the molecule is C=C(CO)C(C)(O)CC(=O)O.C=C(CO)C(C)(O)CC(=O)[O-].[Na+]. The summed E-state index contributed by atoms with van der Waals surface area (Å²) in [4.78, 5) is 20.2. The largest absolute Gasteiger partial charge is 1.00 e. The molecule has 0 fully saturated rings. The molecule has 0 radical (unpaired) electrons. The standard InChI is InChI=1S/2C7H12O4.Na/c2*1-5(4-8)7(2,11)3-6(9)10;/h2*8,11H,1,3-4H2,2H3,(H,9,10);/q;;+1/p-1. The number of hydrogen-bond donors (Lipinski definition) is 5. The van der Waals surface area contributed by atoms with E-state index in [0.717, 1.165) is 0 Å². The second-order valence-corrected chi connectivity index (χ2v) is 5.19. The van der Waals surface area contributed by atoms with Crippen molar-refractivity contribution in [3.8, 4) is 0 Å². The fraction of sp³-hybridized carbons (Fsp3) is 0.571. The monoisotopic (exact) mass is 342 g/mol. The van der Waals surface area contributed by atoms with E-state index < -0.39 is 49.2 Å². The van der Waals surface area contributed by atoms with Crippen LogP contribution in [0.5, 0.6) is 0 Å². The van der Waals surface area contributed by atoms with Gasteiger partial charge in [0.05, 0.1) is 30.8 Å². The smallest absolute Gasteiger partial charge is 0.550 e. The minimum Gasteiger partial charge on any atom is -0.550 e. The van der Waals surface area contributed by atoms with E-state index in [4.69, 9.17) is 15.3 Å². The van der Waals surface area contributed by atoms with Crippen LogP contribution in [0, 0.1) is 0 Å². The van der Waals surface area contributed by atoms with Gasteiger partial charge in [-0.3, -0.25) is 4.79 Å². The molecule has 0 aromatic rings. The van der Waals surface area contributed by atoms with Crippen LogP contribution in [-0.4, -0.2) is 61.9 Å². The molecule has 128 valence electrons. The average Bonchev–Trinajstić information content (AvgIpc) is 2.34. The van der Waals surface area contributed by atoms with E-state index in [1.807, 2.05) is 0 Å². The Labute approximate surface area is 157 Å². The minimum atomic E-state index is -1.58. The second-order valence-electron chi connectivity index (χ2n) is 5.19. The first-order valence-electron chi connectivity index (χ1n) is 6.24.